The highest BCUT2D eigenvalue weighted by Gasteiger charge is 2.20. The molecule has 7 heteroatoms. The van der Waals surface area contributed by atoms with E-state index in [1.54, 1.807) is 12.1 Å². The average Bonchev–Trinajstić information content (AvgIpc) is 3.15. The summed E-state index contributed by atoms with van der Waals surface area (Å²) >= 11 is 3.78. The molecule has 0 spiro atoms. The van der Waals surface area contributed by atoms with Crippen molar-refractivity contribution in [2.24, 2.45) is 0 Å². The topological polar surface area (TPSA) is 44.8 Å². The van der Waals surface area contributed by atoms with E-state index in [1.807, 2.05) is 35.7 Å². The van der Waals surface area contributed by atoms with Gasteiger partial charge in [-0.3, -0.25) is 0 Å². The minimum absolute atomic E-state index is 0.273. The van der Waals surface area contributed by atoms with Gasteiger partial charge >= 0.3 is 5.97 Å². The van der Waals surface area contributed by atoms with Crippen molar-refractivity contribution in [3.05, 3.63) is 53.8 Å². The molecule has 0 bridgehead atoms. The molecule has 0 aliphatic carbocycles. The molecule has 3 rings (SSSR count). The molecule has 0 atom stereocenters. The molecule has 2 aromatic rings. The molecule has 1 saturated heterocycles. The number of rotatable bonds is 6. The fourth-order valence-electron chi connectivity index (χ4n) is 2.32. The number of carbonyl (C=O) groups excluding carboxylic acids is 1. The fraction of sp³-hybridized carbons (Fsp3) is 0.278. The standard InChI is InChI=1S/C18H17FO4S2/c1-21-16-9-12(18-24-7-8-25-18)5-6-15(16)23-17(20)11-22-14-4-2-3-13(19)10-14/h2-6,9-10,18H,7-8,11H2,1H3. The summed E-state index contributed by atoms with van der Waals surface area (Å²) in [5.74, 6) is 2.37. The second kappa shape index (κ2) is 8.49. The van der Waals surface area contributed by atoms with Gasteiger partial charge in [0, 0.05) is 17.6 Å². The molecule has 132 valence electrons. The van der Waals surface area contributed by atoms with Gasteiger partial charge in [-0.15, -0.1) is 23.5 Å². The van der Waals surface area contributed by atoms with Gasteiger partial charge in [-0.1, -0.05) is 12.1 Å². The molecule has 0 saturated carbocycles. The van der Waals surface area contributed by atoms with Crippen LogP contribution in [0, 0.1) is 5.82 Å². The van der Waals surface area contributed by atoms with E-state index < -0.39 is 11.8 Å². The first kappa shape index (κ1) is 17.9. The number of ether oxygens (including phenoxy) is 3. The molecule has 1 aliphatic rings. The summed E-state index contributed by atoms with van der Waals surface area (Å²) in [6.07, 6.45) is 0. The first-order valence-corrected chi connectivity index (χ1v) is 9.75. The lowest BCUT2D eigenvalue weighted by Crippen LogP contribution is -2.18. The van der Waals surface area contributed by atoms with E-state index in [9.17, 15) is 9.18 Å². The molecular formula is C18H17FO4S2. The van der Waals surface area contributed by atoms with Crippen molar-refractivity contribution in [2.45, 2.75) is 4.58 Å². The third-order valence-electron chi connectivity index (χ3n) is 3.46. The molecule has 0 aromatic heterocycles. The normalized spacial score (nSPS) is 14.3. The number of hydrogen-bond acceptors (Lipinski definition) is 6. The van der Waals surface area contributed by atoms with Crippen LogP contribution in [0.3, 0.4) is 0 Å². The Morgan fingerprint density at radius 3 is 2.68 bits per heavy atom. The zero-order valence-electron chi connectivity index (χ0n) is 13.6. The van der Waals surface area contributed by atoms with Gasteiger partial charge in [0.05, 0.1) is 11.7 Å². The van der Waals surface area contributed by atoms with Gasteiger partial charge in [0.1, 0.15) is 11.6 Å². The zero-order chi connectivity index (χ0) is 17.6. The first-order valence-electron chi connectivity index (χ1n) is 7.66. The maximum absolute atomic E-state index is 13.1. The smallest absolute Gasteiger partial charge is 0.349 e. The Kier molecular flexibility index (Phi) is 6.09. The number of esters is 1. The van der Waals surface area contributed by atoms with Crippen LogP contribution < -0.4 is 14.2 Å². The largest absolute Gasteiger partial charge is 0.493 e. The van der Waals surface area contributed by atoms with E-state index in [0.29, 0.717) is 16.1 Å². The van der Waals surface area contributed by atoms with Crippen molar-refractivity contribution in [2.75, 3.05) is 25.2 Å². The van der Waals surface area contributed by atoms with Crippen LogP contribution in [0.4, 0.5) is 4.39 Å². The van der Waals surface area contributed by atoms with Gasteiger partial charge in [0.15, 0.2) is 18.1 Å². The summed E-state index contributed by atoms with van der Waals surface area (Å²) in [4.78, 5) is 12.0. The molecular weight excluding hydrogens is 363 g/mol. The fourth-order valence-corrected chi connectivity index (χ4v) is 5.16. The third kappa shape index (κ3) is 4.83. The van der Waals surface area contributed by atoms with Gasteiger partial charge in [-0.25, -0.2) is 9.18 Å². The lowest BCUT2D eigenvalue weighted by atomic mass is 10.2. The summed E-state index contributed by atoms with van der Waals surface area (Å²) in [5.41, 5.74) is 1.14. The number of methoxy groups -OCH3 is 1. The third-order valence-corrected chi connectivity index (χ3v) is 6.56. The minimum atomic E-state index is -0.583. The Morgan fingerprint density at radius 2 is 1.96 bits per heavy atom. The van der Waals surface area contributed by atoms with Crippen molar-refractivity contribution in [3.63, 3.8) is 0 Å². The maximum Gasteiger partial charge on any atom is 0.349 e. The van der Waals surface area contributed by atoms with Gasteiger partial charge < -0.3 is 14.2 Å². The molecule has 25 heavy (non-hydrogen) atoms. The monoisotopic (exact) mass is 380 g/mol. The van der Waals surface area contributed by atoms with Crippen LogP contribution in [0.25, 0.3) is 0 Å². The molecule has 1 aliphatic heterocycles. The van der Waals surface area contributed by atoms with E-state index in [-0.39, 0.29) is 12.4 Å². The Bertz CT molecular complexity index is 748. The number of benzene rings is 2. The maximum atomic E-state index is 13.1. The second-order valence-electron chi connectivity index (χ2n) is 5.20. The highest BCUT2D eigenvalue weighted by Crippen LogP contribution is 2.46. The Labute approximate surface area is 154 Å². The van der Waals surface area contributed by atoms with E-state index in [4.69, 9.17) is 14.2 Å². The summed E-state index contributed by atoms with van der Waals surface area (Å²) in [6.45, 7) is -0.317. The average molecular weight is 380 g/mol. The lowest BCUT2D eigenvalue weighted by molar-refractivity contribution is -0.136. The SMILES string of the molecule is COc1cc(C2SCCS2)ccc1OC(=O)COc1cccc(F)c1. The summed E-state index contributed by atoms with van der Waals surface area (Å²) in [7, 11) is 1.54. The molecule has 1 fully saturated rings. The van der Waals surface area contributed by atoms with E-state index in [0.717, 1.165) is 17.1 Å². The molecule has 0 N–H and O–H groups in total. The van der Waals surface area contributed by atoms with Crippen molar-refractivity contribution in [3.8, 4) is 17.2 Å². The molecule has 0 radical (unpaired) electrons. The van der Waals surface area contributed by atoms with Crippen LogP contribution in [0.2, 0.25) is 0 Å². The van der Waals surface area contributed by atoms with Crippen molar-refractivity contribution in [1.29, 1.82) is 0 Å². The number of hydrogen-bond donors (Lipinski definition) is 0. The van der Waals surface area contributed by atoms with Crippen LogP contribution in [0.1, 0.15) is 10.1 Å². The number of halogens is 1. The quantitative estimate of drug-likeness (QED) is 0.550. The molecule has 0 unspecified atom stereocenters. The van der Waals surface area contributed by atoms with Crippen molar-refractivity contribution < 1.29 is 23.4 Å². The zero-order valence-corrected chi connectivity index (χ0v) is 15.2. The van der Waals surface area contributed by atoms with Gasteiger partial charge in [-0.05, 0) is 29.8 Å². The van der Waals surface area contributed by atoms with E-state index in [1.165, 1.54) is 25.3 Å². The predicted molar refractivity (Wildman–Crippen MR) is 98.2 cm³/mol. The number of carbonyl (C=O) groups is 1. The Morgan fingerprint density at radius 1 is 1.16 bits per heavy atom. The van der Waals surface area contributed by atoms with Crippen LogP contribution in [0.5, 0.6) is 17.2 Å². The summed E-state index contributed by atoms with van der Waals surface area (Å²) < 4.78 is 29.4. The van der Waals surface area contributed by atoms with Crippen molar-refractivity contribution in [1.82, 2.24) is 0 Å². The number of thioether (sulfide) groups is 2. The molecule has 2 aromatic carbocycles. The minimum Gasteiger partial charge on any atom is -0.493 e. The summed E-state index contributed by atoms with van der Waals surface area (Å²) in [6, 6.07) is 11.2. The second-order valence-corrected chi connectivity index (χ2v) is 7.93. The highest BCUT2D eigenvalue weighted by molar-refractivity contribution is 8.19. The van der Waals surface area contributed by atoms with Crippen LogP contribution >= 0.6 is 23.5 Å². The van der Waals surface area contributed by atoms with E-state index >= 15 is 0 Å². The van der Waals surface area contributed by atoms with Gasteiger partial charge in [0.2, 0.25) is 0 Å². The molecule has 0 amide bonds. The van der Waals surface area contributed by atoms with Gasteiger partial charge in [-0.2, -0.15) is 0 Å². The first-order chi connectivity index (χ1) is 12.2. The van der Waals surface area contributed by atoms with Crippen LogP contribution in [0.15, 0.2) is 42.5 Å². The molecule has 1 heterocycles. The Hall–Kier alpha value is -1.86. The van der Waals surface area contributed by atoms with Crippen LogP contribution in [-0.4, -0.2) is 31.2 Å². The highest BCUT2D eigenvalue weighted by atomic mass is 32.2. The van der Waals surface area contributed by atoms with Crippen LogP contribution in [-0.2, 0) is 4.79 Å². The Balaban J connectivity index is 1.62. The van der Waals surface area contributed by atoms with Gasteiger partial charge in [0.25, 0.3) is 0 Å². The lowest BCUT2D eigenvalue weighted by Gasteiger charge is -2.14. The summed E-state index contributed by atoms with van der Waals surface area (Å²) in [5, 5.41) is 0. The molecule has 4 nitrogen and oxygen atoms in total. The predicted octanol–water partition coefficient (Wildman–Crippen LogP) is 4.30. The van der Waals surface area contributed by atoms with E-state index in [2.05, 4.69) is 0 Å². The van der Waals surface area contributed by atoms with Crippen molar-refractivity contribution >= 4 is 29.5 Å².